The third-order valence-electron chi connectivity index (χ3n) is 2.47. The molecular formula is C16H23NO3. The number of ether oxygens (including phenoxy) is 3. The van der Waals surface area contributed by atoms with Crippen molar-refractivity contribution in [3.8, 4) is 23.3 Å². The summed E-state index contributed by atoms with van der Waals surface area (Å²) in [5.41, 5.74) is 0. The van der Waals surface area contributed by atoms with Crippen LogP contribution < -0.4 is 14.8 Å². The van der Waals surface area contributed by atoms with Crippen molar-refractivity contribution in [3.05, 3.63) is 24.3 Å². The van der Waals surface area contributed by atoms with Gasteiger partial charge in [-0.1, -0.05) is 30.9 Å². The Bertz CT molecular complexity index is 423. The summed E-state index contributed by atoms with van der Waals surface area (Å²) in [5.74, 6) is 7.46. The molecule has 0 amide bonds. The second-order valence-corrected chi connectivity index (χ2v) is 4.08. The van der Waals surface area contributed by atoms with Gasteiger partial charge in [0.05, 0.1) is 13.7 Å². The third-order valence-corrected chi connectivity index (χ3v) is 2.47. The summed E-state index contributed by atoms with van der Waals surface area (Å²) >= 11 is 0. The molecule has 0 atom stereocenters. The molecule has 0 aliphatic heterocycles. The average Bonchev–Trinajstić information content (AvgIpc) is 2.49. The van der Waals surface area contributed by atoms with Crippen LogP contribution in [0.2, 0.25) is 0 Å². The molecule has 0 unspecified atom stereocenters. The van der Waals surface area contributed by atoms with Crippen LogP contribution in [0.5, 0.6) is 11.5 Å². The van der Waals surface area contributed by atoms with E-state index < -0.39 is 0 Å². The van der Waals surface area contributed by atoms with Gasteiger partial charge < -0.3 is 19.5 Å². The summed E-state index contributed by atoms with van der Waals surface area (Å²) in [6.07, 6.45) is 1.03. The second kappa shape index (κ2) is 11.2. The van der Waals surface area contributed by atoms with Crippen molar-refractivity contribution >= 4 is 0 Å². The van der Waals surface area contributed by atoms with Crippen LogP contribution in [0.3, 0.4) is 0 Å². The van der Waals surface area contributed by atoms with E-state index in [4.69, 9.17) is 14.2 Å². The molecular weight excluding hydrogens is 254 g/mol. The van der Waals surface area contributed by atoms with Gasteiger partial charge in [0.15, 0.2) is 11.5 Å². The highest BCUT2D eigenvalue weighted by molar-refractivity contribution is 5.39. The normalized spacial score (nSPS) is 9.70. The maximum absolute atomic E-state index is 5.63. The fourth-order valence-electron chi connectivity index (χ4n) is 1.50. The lowest BCUT2D eigenvalue weighted by atomic mass is 10.3. The van der Waals surface area contributed by atoms with Gasteiger partial charge >= 0.3 is 0 Å². The van der Waals surface area contributed by atoms with E-state index in [0.717, 1.165) is 31.1 Å². The molecule has 0 radical (unpaired) electrons. The molecule has 0 bridgehead atoms. The fraction of sp³-hybridized carbons (Fsp3) is 0.500. The van der Waals surface area contributed by atoms with Crippen molar-refractivity contribution in [1.82, 2.24) is 5.32 Å². The van der Waals surface area contributed by atoms with Crippen LogP contribution in [0.4, 0.5) is 0 Å². The van der Waals surface area contributed by atoms with Crippen LogP contribution in [0.15, 0.2) is 24.3 Å². The number of para-hydroxylation sites is 2. The molecule has 0 saturated heterocycles. The Morgan fingerprint density at radius 1 is 1.10 bits per heavy atom. The average molecular weight is 277 g/mol. The molecule has 1 N–H and O–H groups in total. The zero-order valence-electron chi connectivity index (χ0n) is 12.3. The van der Waals surface area contributed by atoms with Crippen LogP contribution in [0.1, 0.15) is 13.3 Å². The molecule has 0 fully saturated rings. The van der Waals surface area contributed by atoms with Crippen molar-refractivity contribution in [2.45, 2.75) is 13.3 Å². The Labute approximate surface area is 121 Å². The molecule has 0 aromatic heterocycles. The molecule has 0 aliphatic carbocycles. The second-order valence-electron chi connectivity index (χ2n) is 4.08. The molecule has 1 aromatic rings. The Balaban J connectivity index is 2.07. The molecule has 110 valence electrons. The number of methoxy groups -OCH3 is 1. The Morgan fingerprint density at radius 2 is 1.90 bits per heavy atom. The first-order valence-electron chi connectivity index (χ1n) is 6.88. The molecule has 1 aromatic carbocycles. The Hall–Kier alpha value is -1.70. The van der Waals surface area contributed by atoms with Crippen molar-refractivity contribution in [3.63, 3.8) is 0 Å². The summed E-state index contributed by atoms with van der Waals surface area (Å²) in [4.78, 5) is 0. The number of benzene rings is 1. The van der Waals surface area contributed by atoms with Gasteiger partial charge in [0, 0.05) is 13.2 Å². The molecule has 0 aliphatic rings. The smallest absolute Gasteiger partial charge is 0.161 e. The first-order valence-corrected chi connectivity index (χ1v) is 6.88. The van der Waals surface area contributed by atoms with Crippen LogP contribution in [0.25, 0.3) is 0 Å². The van der Waals surface area contributed by atoms with Gasteiger partial charge in [-0.15, -0.1) is 0 Å². The van der Waals surface area contributed by atoms with E-state index in [0.29, 0.717) is 19.8 Å². The van der Waals surface area contributed by atoms with Crippen molar-refractivity contribution in [2.24, 2.45) is 0 Å². The van der Waals surface area contributed by atoms with Crippen LogP contribution in [-0.2, 0) is 4.74 Å². The molecule has 20 heavy (non-hydrogen) atoms. The van der Waals surface area contributed by atoms with Crippen molar-refractivity contribution in [1.29, 1.82) is 0 Å². The molecule has 1 rings (SSSR count). The van der Waals surface area contributed by atoms with Crippen LogP contribution in [0, 0.1) is 11.8 Å². The number of hydrogen-bond acceptors (Lipinski definition) is 4. The summed E-state index contributed by atoms with van der Waals surface area (Å²) in [7, 11) is 1.64. The fourth-order valence-corrected chi connectivity index (χ4v) is 1.50. The van der Waals surface area contributed by atoms with Gasteiger partial charge in [0.25, 0.3) is 0 Å². The molecule has 4 heteroatoms. The number of rotatable bonds is 9. The van der Waals surface area contributed by atoms with E-state index in [-0.39, 0.29) is 0 Å². The standard InChI is InChI=1S/C16H23NO3/c1-3-12-19-13-7-6-10-17-11-14-20-16-9-5-4-8-15(16)18-2/h4-5,8-9,17H,3,10-14H2,1-2H3. The van der Waals surface area contributed by atoms with Crippen molar-refractivity contribution in [2.75, 3.05) is 40.0 Å². The molecule has 4 nitrogen and oxygen atoms in total. The lowest BCUT2D eigenvalue weighted by Crippen LogP contribution is -2.21. The Morgan fingerprint density at radius 3 is 2.65 bits per heavy atom. The SMILES string of the molecule is CCCOCC#CCNCCOc1ccccc1OC. The van der Waals surface area contributed by atoms with E-state index in [1.165, 1.54) is 0 Å². The van der Waals surface area contributed by atoms with E-state index in [1.807, 2.05) is 24.3 Å². The van der Waals surface area contributed by atoms with E-state index in [2.05, 4.69) is 24.1 Å². The van der Waals surface area contributed by atoms with Gasteiger partial charge in [0.1, 0.15) is 13.2 Å². The van der Waals surface area contributed by atoms with Crippen LogP contribution in [-0.4, -0.2) is 40.0 Å². The lowest BCUT2D eigenvalue weighted by Gasteiger charge is -2.09. The molecule has 0 saturated carbocycles. The summed E-state index contributed by atoms with van der Waals surface area (Å²) in [6.45, 7) is 5.32. The topological polar surface area (TPSA) is 39.7 Å². The minimum atomic E-state index is 0.507. The zero-order chi connectivity index (χ0) is 14.5. The Kier molecular flexibility index (Phi) is 9.12. The maximum Gasteiger partial charge on any atom is 0.161 e. The first kappa shape index (κ1) is 16.4. The predicted octanol–water partition coefficient (Wildman–Crippen LogP) is 2.09. The highest BCUT2D eigenvalue weighted by Crippen LogP contribution is 2.25. The maximum atomic E-state index is 5.63. The monoisotopic (exact) mass is 277 g/mol. The van der Waals surface area contributed by atoms with E-state index >= 15 is 0 Å². The summed E-state index contributed by atoms with van der Waals surface area (Å²) in [6, 6.07) is 7.61. The third kappa shape index (κ3) is 7.03. The number of nitrogens with one attached hydrogen (secondary N) is 1. The summed E-state index contributed by atoms with van der Waals surface area (Å²) < 4.78 is 16.1. The quantitative estimate of drug-likeness (QED) is 0.554. The van der Waals surface area contributed by atoms with Gasteiger partial charge in [-0.3, -0.25) is 0 Å². The molecule has 0 spiro atoms. The van der Waals surface area contributed by atoms with Crippen molar-refractivity contribution < 1.29 is 14.2 Å². The predicted molar refractivity (Wildman–Crippen MR) is 80.2 cm³/mol. The summed E-state index contributed by atoms with van der Waals surface area (Å²) in [5, 5.41) is 3.19. The van der Waals surface area contributed by atoms with Crippen LogP contribution >= 0.6 is 0 Å². The highest BCUT2D eigenvalue weighted by Gasteiger charge is 2.00. The van der Waals surface area contributed by atoms with Gasteiger partial charge in [-0.05, 0) is 18.6 Å². The largest absolute Gasteiger partial charge is 0.493 e. The first-order chi connectivity index (χ1) is 9.88. The highest BCUT2D eigenvalue weighted by atomic mass is 16.5. The molecule has 0 heterocycles. The van der Waals surface area contributed by atoms with Gasteiger partial charge in [-0.2, -0.15) is 0 Å². The lowest BCUT2D eigenvalue weighted by molar-refractivity contribution is 0.168. The minimum absolute atomic E-state index is 0.507. The minimum Gasteiger partial charge on any atom is -0.493 e. The van der Waals surface area contributed by atoms with Gasteiger partial charge in [-0.25, -0.2) is 0 Å². The zero-order valence-corrected chi connectivity index (χ0v) is 12.3. The van der Waals surface area contributed by atoms with E-state index in [1.54, 1.807) is 7.11 Å². The number of hydrogen-bond donors (Lipinski definition) is 1. The van der Waals surface area contributed by atoms with E-state index in [9.17, 15) is 0 Å². The van der Waals surface area contributed by atoms with Gasteiger partial charge in [0.2, 0.25) is 0 Å².